The van der Waals surface area contributed by atoms with Crippen molar-refractivity contribution in [2.75, 3.05) is 38.7 Å². The molecule has 2 heterocycles. The fourth-order valence-corrected chi connectivity index (χ4v) is 4.22. The van der Waals surface area contributed by atoms with E-state index in [1.54, 1.807) is 12.1 Å². The highest BCUT2D eigenvalue weighted by molar-refractivity contribution is 7.89. The summed E-state index contributed by atoms with van der Waals surface area (Å²) in [4.78, 5) is 6.53. The van der Waals surface area contributed by atoms with E-state index >= 15 is 0 Å². The van der Waals surface area contributed by atoms with Gasteiger partial charge in [0.2, 0.25) is 10.0 Å². The van der Waals surface area contributed by atoms with Crippen LogP contribution in [-0.4, -0.2) is 61.5 Å². The number of aromatic nitrogens is 1. The molecule has 0 unspecified atom stereocenters. The molecular weight excluding hydrogens is 362 g/mol. The fourth-order valence-electron chi connectivity index (χ4n) is 2.85. The van der Waals surface area contributed by atoms with Crippen molar-refractivity contribution in [3.05, 3.63) is 53.7 Å². The molecule has 144 valence electrons. The summed E-state index contributed by atoms with van der Waals surface area (Å²) in [7, 11) is -1.51. The van der Waals surface area contributed by atoms with Gasteiger partial charge in [-0.3, -0.25) is 5.43 Å². The second kappa shape index (κ2) is 8.16. The van der Waals surface area contributed by atoms with Gasteiger partial charge in [-0.1, -0.05) is 29.8 Å². The van der Waals surface area contributed by atoms with Gasteiger partial charge in [0.05, 0.1) is 5.71 Å². The Balaban J connectivity index is 1.69. The quantitative estimate of drug-likeness (QED) is 0.628. The summed E-state index contributed by atoms with van der Waals surface area (Å²) in [6.45, 7) is 6.41. The fraction of sp³-hybridized carbons (Fsp3) is 0.368. The first-order valence-electron chi connectivity index (χ1n) is 8.88. The molecule has 1 saturated heterocycles. The molecule has 2 aromatic rings. The molecule has 7 nitrogen and oxygen atoms in total. The molecule has 8 heteroatoms. The van der Waals surface area contributed by atoms with Gasteiger partial charge in [-0.2, -0.15) is 9.41 Å². The van der Waals surface area contributed by atoms with Crippen LogP contribution in [0, 0.1) is 6.92 Å². The first-order chi connectivity index (χ1) is 12.9. The van der Waals surface area contributed by atoms with Crippen molar-refractivity contribution in [1.82, 2.24) is 14.2 Å². The lowest BCUT2D eigenvalue weighted by Crippen LogP contribution is -2.47. The Bertz CT molecular complexity index is 917. The highest BCUT2D eigenvalue weighted by atomic mass is 32.2. The Morgan fingerprint density at radius 3 is 2.52 bits per heavy atom. The SMILES string of the molecule is C/C(=N/Nc1ccc(S(=O)(=O)N2CCN(C)CC2)cn1)c1cccc(C)c1. The Kier molecular flexibility index (Phi) is 5.88. The molecule has 1 aliphatic rings. The van der Waals surface area contributed by atoms with Crippen LogP contribution in [0.15, 0.2) is 52.6 Å². The molecule has 1 fully saturated rings. The zero-order valence-electron chi connectivity index (χ0n) is 15.9. The molecule has 0 spiro atoms. The zero-order chi connectivity index (χ0) is 19.4. The van der Waals surface area contributed by atoms with E-state index in [4.69, 9.17) is 0 Å². The number of hydrogen-bond donors (Lipinski definition) is 1. The van der Waals surface area contributed by atoms with Crippen molar-refractivity contribution in [3.8, 4) is 0 Å². The van der Waals surface area contributed by atoms with E-state index in [0.29, 0.717) is 18.9 Å². The van der Waals surface area contributed by atoms with Crippen LogP contribution in [0.1, 0.15) is 18.1 Å². The Hall–Kier alpha value is -2.29. The van der Waals surface area contributed by atoms with Gasteiger partial charge in [-0.05, 0) is 38.6 Å². The summed E-state index contributed by atoms with van der Waals surface area (Å²) >= 11 is 0. The van der Waals surface area contributed by atoms with Crippen molar-refractivity contribution in [2.24, 2.45) is 5.10 Å². The van der Waals surface area contributed by atoms with Crippen molar-refractivity contribution in [1.29, 1.82) is 0 Å². The molecule has 1 aliphatic heterocycles. The second-order valence-corrected chi connectivity index (χ2v) is 8.70. The summed E-state index contributed by atoms with van der Waals surface area (Å²) in [5.41, 5.74) is 5.91. The molecule has 0 saturated carbocycles. The number of rotatable bonds is 5. The third-order valence-corrected chi connectivity index (χ3v) is 6.49. The van der Waals surface area contributed by atoms with Crippen molar-refractivity contribution < 1.29 is 8.42 Å². The van der Waals surface area contributed by atoms with Crippen LogP contribution in [0.5, 0.6) is 0 Å². The summed E-state index contributed by atoms with van der Waals surface area (Å²) in [5.74, 6) is 0.499. The smallest absolute Gasteiger partial charge is 0.244 e. The van der Waals surface area contributed by atoms with Crippen molar-refractivity contribution in [3.63, 3.8) is 0 Å². The molecule has 0 radical (unpaired) electrons. The monoisotopic (exact) mass is 387 g/mol. The van der Waals surface area contributed by atoms with E-state index in [0.717, 1.165) is 24.4 Å². The molecular formula is C19H25N5O2S. The molecule has 3 rings (SSSR count). The number of hydrazone groups is 1. The largest absolute Gasteiger partial charge is 0.304 e. The average molecular weight is 388 g/mol. The van der Waals surface area contributed by atoms with Crippen LogP contribution in [0.4, 0.5) is 5.82 Å². The molecule has 1 N–H and O–H groups in total. The van der Waals surface area contributed by atoms with Crippen LogP contribution in [-0.2, 0) is 10.0 Å². The number of aryl methyl sites for hydroxylation is 1. The number of anilines is 1. The number of nitrogens with zero attached hydrogens (tertiary/aromatic N) is 4. The average Bonchev–Trinajstić information content (AvgIpc) is 2.67. The lowest BCUT2D eigenvalue weighted by atomic mass is 10.1. The lowest BCUT2D eigenvalue weighted by Gasteiger charge is -2.31. The zero-order valence-corrected chi connectivity index (χ0v) is 16.7. The third kappa shape index (κ3) is 4.71. The number of likely N-dealkylation sites (N-methyl/N-ethyl adjacent to an activating group) is 1. The van der Waals surface area contributed by atoms with E-state index < -0.39 is 10.0 Å². The Morgan fingerprint density at radius 1 is 1.15 bits per heavy atom. The predicted octanol–water partition coefficient (Wildman–Crippen LogP) is 2.16. The maximum Gasteiger partial charge on any atom is 0.244 e. The number of sulfonamides is 1. The highest BCUT2D eigenvalue weighted by Gasteiger charge is 2.27. The van der Waals surface area contributed by atoms with Crippen LogP contribution in [0.2, 0.25) is 0 Å². The minimum Gasteiger partial charge on any atom is -0.304 e. The Labute approximate surface area is 160 Å². The molecule has 0 bridgehead atoms. The van der Waals surface area contributed by atoms with Gasteiger partial charge >= 0.3 is 0 Å². The van der Waals surface area contributed by atoms with Gasteiger partial charge in [0.15, 0.2) is 0 Å². The van der Waals surface area contributed by atoms with Crippen molar-refractivity contribution in [2.45, 2.75) is 18.7 Å². The standard InChI is InChI=1S/C19H25N5O2S/c1-15-5-4-6-17(13-15)16(2)21-22-19-8-7-18(14-20-19)27(25,26)24-11-9-23(3)10-12-24/h4-8,13-14H,9-12H2,1-3H3,(H,20,22)/b21-16-. The van der Waals surface area contributed by atoms with Gasteiger partial charge in [0.1, 0.15) is 10.7 Å². The molecule has 0 aliphatic carbocycles. The summed E-state index contributed by atoms with van der Waals surface area (Å²) in [5, 5.41) is 4.33. The van der Waals surface area contributed by atoms with E-state index in [1.807, 2.05) is 39.1 Å². The van der Waals surface area contributed by atoms with Gasteiger partial charge in [0, 0.05) is 32.4 Å². The van der Waals surface area contributed by atoms with Crippen LogP contribution in [0.3, 0.4) is 0 Å². The Morgan fingerprint density at radius 2 is 1.89 bits per heavy atom. The normalized spacial score (nSPS) is 17.1. The first kappa shape index (κ1) is 19.5. The lowest BCUT2D eigenvalue weighted by molar-refractivity contribution is 0.222. The molecule has 1 aromatic heterocycles. The number of piperazine rings is 1. The third-order valence-electron chi connectivity index (χ3n) is 4.61. The molecule has 0 amide bonds. The maximum atomic E-state index is 12.7. The maximum absolute atomic E-state index is 12.7. The topological polar surface area (TPSA) is 77.9 Å². The number of pyridine rings is 1. The minimum atomic E-state index is -3.50. The molecule has 27 heavy (non-hydrogen) atoms. The minimum absolute atomic E-state index is 0.206. The number of hydrogen-bond acceptors (Lipinski definition) is 6. The first-order valence-corrected chi connectivity index (χ1v) is 10.3. The molecule has 1 aromatic carbocycles. The van der Waals surface area contributed by atoms with Gasteiger partial charge in [-0.15, -0.1) is 0 Å². The summed E-state index contributed by atoms with van der Waals surface area (Å²) < 4.78 is 26.9. The van der Waals surface area contributed by atoms with Gasteiger partial charge in [0.25, 0.3) is 0 Å². The summed E-state index contributed by atoms with van der Waals surface area (Å²) in [6, 6.07) is 11.3. The van der Waals surface area contributed by atoms with Crippen molar-refractivity contribution >= 4 is 21.6 Å². The highest BCUT2D eigenvalue weighted by Crippen LogP contribution is 2.18. The van der Waals surface area contributed by atoms with E-state index in [2.05, 4.69) is 26.5 Å². The van der Waals surface area contributed by atoms with E-state index in [9.17, 15) is 8.42 Å². The van der Waals surface area contributed by atoms with E-state index in [1.165, 1.54) is 16.1 Å². The van der Waals surface area contributed by atoms with E-state index in [-0.39, 0.29) is 4.90 Å². The molecule has 0 atom stereocenters. The summed E-state index contributed by atoms with van der Waals surface area (Å²) in [6.07, 6.45) is 1.38. The second-order valence-electron chi connectivity index (χ2n) is 6.76. The van der Waals surface area contributed by atoms with Gasteiger partial charge < -0.3 is 4.90 Å². The number of nitrogens with one attached hydrogen (secondary N) is 1. The predicted molar refractivity (Wildman–Crippen MR) is 108 cm³/mol. The van der Waals surface area contributed by atoms with Crippen LogP contribution < -0.4 is 5.43 Å². The van der Waals surface area contributed by atoms with Crippen LogP contribution in [0.25, 0.3) is 0 Å². The van der Waals surface area contributed by atoms with Crippen LogP contribution >= 0.6 is 0 Å². The number of benzene rings is 1. The van der Waals surface area contributed by atoms with Gasteiger partial charge in [-0.25, -0.2) is 13.4 Å².